The first-order valence-corrected chi connectivity index (χ1v) is 2.80. The third kappa shape index (κ3) is 1.14. The van der Waals surface area contributed by atoms with E-state index in [4.69, 9.17) is 0 Å². The van der Waals surface area contributed by atoms with Crippen LogP contribution in [0, 0.1) is 0 Å². The van der Waals surface area contributed by atoms with Crippen LogP contribution in [0.5, 0.6) is 0 Å². The Kier molecular flexibility index (Phi) is 1.65. The van der Waals surface area contributed by atoms with Gasteiger partial charge in [-0.1, -0.05) is 0 Å². The normalized spacial score (nSPS) is 21.9. The second kappa shape index (κ2) is 2.28. The molecule has 1 fully saturated rings. The van der Waals surface area contributed by atoms with Gasteiger partial charge in [0.05, 0.1) is 0 Å². The van der Waals surface area contributed by atoms with Gasteiger partial charge in [0, 0.05) is 19.8 Å². The number of nitrogens with one attached hydrogen (secondary N) is 1. The van der Waals surface area contributed by atoms with Gasteiger partial charge < -0.3 is 5.32 Å². The molecule has 1 aliphatic rings. The van der Waals surface area contributed by atoms with Crippen molar-refractivity contribution in [3.8, 4) is 0 Å². The number of rotatable bonds is 2. The Hall–Kier alpha value is -0.0800. The number of hydrogen-bond acceptors (Lipinski definition) is 2. The van der Waals surface area contributed by atoms with Crippen LogP contribution in [0.1, 0.15) is 6.42 Å². The molecule has 1 heterocycles. The van der Waals surface area contributed by atoms with Crippen molar-refractivity contribution in [3.05, 3.63) is 0 Å². The summed E-state index contributed by atoms with van der Waals surface area (Å²) >= 11 is 0. The van der Waals surface area contributed by atoms with E-state index in [-0.39, 0.29) is 0 Å². The Morgan fingerprint density at radius 3 is 2.43 bits per heavy atom. The molecule has 1 rings (SSSR count). The van der Waals surface area contributed by atoms with Gasteiger partial charge in [0.1, 0.15) is 0 Å². The molecule has 0 unspecified atom stereocenters. The quantitative estimate of drug-likeness (QED) is 0.520. The number of likely N-dealkylation sites (tertiary alicyclic amines) is 1. The fraction of sp³-hybridized carbons (Fsp3) is 1.00. The summed E-state index contributed by atoms with van der Waals surface area (Å²) in [6.07, 6.45) is 1.39. The summed E-state index contributed by atoms with van der Waals surface area (Å²) in [6, 6.07) is 0. The third-order valence-corrected chi connectivity index (χ3v) is 1.33. The van der Waals surface area contributed by atoms with E-state index in [0.29, 0.717) is 0 Å². The van der Waals surface area contributed by atoms with E-state index in [1.165, 1.54) is 19.5 Å². The second-order valence-corrected chi connectivity index (χ2v) is 1.98. The second-order valence-electron chi connectivity index (χ2n) is 1.98. The van der Waals surface area contributed by atoms with Crippen molar-refractivity contribution < 1.29 is 0 Å². The Bertz CT molecular complexity index is 50.0. The van der Waals surface area contributed by atoms with Gasteiger partial charge >= 0.3 is 0 Å². The highest BCUT2D eigenvalue weighted by atomic mass is 15.2. The first kappa shape index (κ1) is 5.06. The molecule has 7 heavy (non-hydrogen) atoms. The van der Waals surface area contributed by atoms with Crippen LogP contribution in [0.3, 0.4) is 0 Å². The molecule has 0 bridgehead atoms. The van der Waals surface area contributed by atoms with Crippen LogP contribution >= 0.6 is 0 Å². The zero-order chi connectivity index (χ0) is 5.11. The van der Waals surface area contributed by atoms with Gasteiger partial charge in [0.2, 0.25) is 0 Å². The third-order valence-electron chi connectivity index (χ3n) is 1.33. The van der Waals surface area contributed by atoms with E-state index in [2.05, 4.69) is 10.2 Å². The van der Waals surface area contributed by atoms with Gasteiger partial charge in [-0.3, -0.25) is 4.90 Å². The van der Waals surface area contributed by atoms with Crippen molar-refractivity contribution in [2.24, 2.45) is 0 Å². The summed E-state index contributed by atoms with van der Waals surface area (Å²) in [5.74, 6) is 0. The largest absolute Gasteiger partial charge is 0.307 e. The highest BCUT2D eigenvalue weighted by Gasteiger charge is 2.10. The molecule has 1 N–H and O–H groups in total. The topological polar surface area (TPSA) is 15.3 Å². The number of hydrogen-bond donors (Lipinski definition) is 1. The Balaban J connectivity index is 1.93. The Labute approximate surface area is 44.5 Å². The van der Waals surface area contributed by atoms with E-state index < -0.39 is 0 Å². The standard InChI is InChI=1S/C5H12N2/c1-6-5-7-3-2-4-7/h6H,2-5H2,1H3. The number of nitrogens with zero attached hydrogens (tertiary/aromatic N) is 1. The van der Waals surface area contributed by atoms with E-state index in [1.54, 1.807) is 0 Å². The van der Waals surface area contributed by atoms with Crippen LogP contribution in [0.25, 0.3) is 0 Å². The molecule has 0 aromatic rings. The zero-order valence-electron chi connectivity index (χ0n) is 4.78. The highest BCUT2D eigenvalue weighted by molar-refractivity contribution is 4.65. The molecule has 2 nitrogen and oxygen atoms in total. The summed E-state index contributed by atoms with van der Waals surface area (Å²) in [5.41, 5.74) is 0. The average molecular weight is 100 g/mol. The molecule has 0 aliphatic carbocycles. The van der Waals surface area contributed by atoms with Crippen molar-refractivity contribution in [2.75, 3.05) is 26.8 Å². The Morgan fingerprint density at radius 1 is 1.57 bits per heavy atom. The summed E-state index contributed by atoms with van der Waals surface area (Å²) < 4.78 is 0. The van der Waals surface area contributed by atoms with Crippen molar-refractivity contribution in [3.63, 3.8) is 0 Å². The maximum absolute atomic E-state index is 3.10. The lowest BCUT2D eigenvalue weighted by molar-refractivity contribution is 0.172. The van der Waals surface area contributed by atoms with Crippen molar-refractivity contribution in [2.45, 2.75) is 6.42 Å². The Morgan fingerprint density at radius 2 is 2.29 bits per heavy atom. The summed E-state index contributed by atoms with van der Waals surface area (Å²) in [7, 11) is 1.98. The molecule has 2 heteroatoms. The van der Waals surface area contributed by atoms with Crippen LogP contribution in [0.15, 0.2) is 0 Å². The maximum atomic E-state index is 3.10. The summed E-state index contributed by atoms with van der Waals surface area (Å²) in [4.78, 5) is 2.38. The van der Waals surface area contributed by atoms with Gasteiger partial charge in [0.15, 0.2) is 0 Å². The predicted octanol–water partition coefficient (Wildman–Crippen LogP) is -0.131. The first-order chi connectivity index (χ1) is 3.43. The molecule has 0 spiro atoms. The SMILES string of the molecule is CNCN1CCC1. The maximum Gasteiger partial charge on any atom is 0.0478 e. The van der Waals surface area contributed by atoms with Crippen LogP contribution in [-0.4, -0.2) is 31.7 Å². The van der Waals surface area contributed by atoms with E-state index in [1.807, 2.05) is 7.05 Å². The molecule has 0 aromatic heterocycles. The summed E-state index contributed by atoms with van der Waals surface area (Å²) in [5, 5.41) is 3.10. The highest BCUT2D eigenvalue weighted by Crippen LogP contribution is 2.01. The summed E-state index contributed by atoms with van der Waals surface area (Å²) in [6.45, 7) is 3.65. The van der Waals surface area contributed by atoms with Crippen molar-refractivity contribution >= 4 is 0 Å². The minimum atomic E-state index is 1.07. The molecule has 0 radical (unpaired) electrons. The fourth-order valence-corrected chi connectivity index (χ4v) is 0.763. The molecule has 0 saturated carbocycles. The molecule has 42 valence electrons. The van der Waals surface area contributed by atoms with Gasteiger partial charge in [0.25, 0.3) is 0 Å². The van der Waals surface area contributed by atoms with E-state index >= 15 is 0 Å². The van der Waals surface area contributed by atoms with Gasteiger partial charge in [-0.15, -0.1) is 0 Å². The van der Waals surface area contributed by atoms with Gasteiger partial charge in [-0.2, -0.15) is 0 Å². The average Bonchev–Trinajstić information content (AvgIpc) is 1.55. The molecule has 1 saturated heterocycles. The zero-order valence-corrected chi connectivity index (χ0v) is 4.78. The van der Waals surface area contributed by atoms with Crippen LogP contribution in [0.2, 0.25) is 0 Å². The van der Waals surface area contributed by atoms with E-state index in [0.717, 1.165) is 6.67 Å². The van der Waals surface area contributed by atoms with Crippen LogP contribution in [-0.2, 0) is 0 Å². The van der Waals surface area contributed by atoms with Crippen molar-refractivity contribution in [1.82, 2.24) is 10.2 Å². The van der Waals surface area contributed by atoms with Gasteiger partial charge in [-0.05, 0) is 13.5 Å². The molecular formula is C5H12N2. The molecule has 0 aromatic carbocycles. The monoisotopic (exact) mass is 100 g/mol. The lowest BCUT2D eigenvalue weighted by atomic mass is 10.2. The lowest BCUT2D eigenvalue weighted by Crippen LogP contribution is -2.42. The van der Waals surface area contributed by atoms with Crippen molar-refractivity contribution in [1.29, 1.82) is 0 Å². The molecule has 1 aliphatic heterocycles. The molecule has 0 atom stereocenters. The fourth-order valence-electron chi connectivity index (χ4n) is 0.763. The van der Waals surface area contributed by atoms with Gasteiger partial charge in [-0.25, -0.2) is 0 Å². The molecular weight excluding hydrogens is 88.1 g/mol. The van der Waals surface area contributed by atoms with Crippen LogP contribution in [0.4, 0.5) is 0 Å². The van der Waals surface area contributed by atoms with E-state index in [9.17, 15) is 0 Å². The van der Waals surface area contributed by atoms with Crippen LogP contribution < -0.4 is 5.32 Å². The predicted molar refractivity (Wildman–Crippen MR) is 30.1 cm³/mol. The minimum Gasteiger partial charge on any atom is -0.307 e. The first-order valence-electron chi connectivity index (χ1n) is 2.80. The molecule has 0 amide bonds. The minimum absolute atomic E-state index is 1.07. The smallest absolute Gasteiger partial charge is 0.0478 e. The lowest BCUT2D eigenvalue weighted by Gasteiger charge is -2.29.